The van der Waals surface area contributed by atoms with E-state index in [9.17, 15) is 0 Å². The Labute approximate surface area is 92.3 Å². The van der Waals surface area contributed by atoms with Gasteiger partial charge in [-0.2, -0.15) is 0 Å². The molecule has 0 saturated carbocycles. The van der Waals surface area contributed by atoms with Gasteiger partial charge >= 0.3 is 0 Å². The van der Waals surface area contributed by atoms with Crippen LogP contribution < -0.4 is 5.73 Å². The average molecular weight is 201 g/mol. The predicted octanol–water partition coefficient (Wildman–Crippen LogP) is 3.82. The van der Waals surface area contributed by atoms with Gasteiger partial charge in [0, 0.05) is 11.3 Å². The molecule has 1 aromatic carbocycles. The van der Waals surface area contributed by atoms with Crippen LogP contribution in [0.4, 0.5) is 0 Å². The molecule has 2 N–H and O–H groups in total. The highest BCUT2D eigenvalue weighted by molar-refractivity contribution is 5.74. The zero-order valence-corrected chi connectivity index (χ0v) is 9.75. The van der Waals surface area contributed by atoms with Crippen LogP contribution >= 0.6 is 0 Å². The second-order valence-electron chi connectivity index (χ2n) is 3.63. The molecular formula is C14H19N. The van der Waals surface area contributed by atoms with Gasteiger partial charge in [0.15, 0.2) is 0 Å². The van der Waals surface area contributed by atoms with Gasteiger partial charge in [0.1, 0.15) is 0 Å². The Bertz CT molecular complexity index is 386. The van der Waals surface area contributed by atoms with Crippen LogP contribution in [0.1, 0.15) is 38.3 Å². The quantitative estimate of drug-likeness (QED) is 0.790. The van der Waals surface area contributed by atoms with Crippen LogP contribution in [0, 0.1) is 0 Å². The van der Waals surface area contributed by atoms with E-state index in [2.05, 4.69) is 32.1 Å². The summed E-state index contributed by atoms with van der Waals surface area (Å²) in [7, 11) is 0. The lowest BCUT2D eigenvalue weighted by Crippen LogP contribution is -2.01. The minimum atomic E-state index is 0.909. The molecule has 0 fully saturated rings. The van der Waals surface area contributed by atoms with Crippen LogP contribution in [-0.4, -0.2) is 0 Å². The lowest BCUT2D eigenvalue weighted by atomic mass is 10.0. The Morgan fingerprint density at radius 1 is 1.33 bits per heavy atom. The fourth-order valence-electron chi connectivity index (χ4n) is 1.49. The standard InChI is InChI=1S/C14H19N/c1-4-8-12-9-6-7-10-13(12)14(15)11(3)5-2/h4,6-10H,5,15H2,1-3H3/b8-4-,14-11+. The molecule has 80 valence electrons. The largest absolute Gasteiger partial charge is 0.398 e. The van der Waals surface area contributed by atoms with Gasteiger partial charge in [0.2, 0.25) is 0 Å². The molecule has 0 aliphatic carbocycles. The molecular weight excluding hydrogens is 182 g/mol. The number of allylic oxidation sites excluding steroid dienone is 2. The topological polar surface area (TPSA) is 26.0 Å². The Morgan fingerprint density at radius 2 is 2.00 bits per heavy atom. The number of nitrogens with two attached hydrogens (primary N) is 1. The molecule has 0 aliphatic rings. The van der Waals surface area contributed by atoms with Crippen LogP contribution in [0.3, 0.4) is 0 Å². The van der Waals surface area contributed by atoms with Gasteiger partial charge in [-0.25, -0.2) is 0 Å². The first-order valence-corrected chi connectivity index (χ1v) is 5.38. The molecule has 0 atom stereocenters. The van der Waals surface area contributed by atoms with Gasteiger partial charge < -0.3 is 5.73 Å². The van der Waals surface area contributed by atoms with Gasteiger partial charge in [0.25, 0.3) is 0 Å². The Morgan fingerprint density at radius 3 is 2.60 bits per heavy atom. The zero-order valence-electron chi connectivity index (χ0n) is 9.75. The molecule has 0 heterocycles. The Kier molecular flexibility index (Phi) is 4.17. The minimum Gasteiger partial charge on any atom is -0.398 e. The van der Waals surface area contributed by atoms with Crippen molar-refractivity contribution in [2.75, 3.05) is 0 Å². The van der Waals surface area contributed by atoms with E-state index >= 15 is 0 Å². The predicted molar refractivity (Wildman–Crippen MR) is 68.2 cm³/mol. The summed E-state index contributed by atoms with van der Waals surface area (Å²) in [6.45, 7) is 6.23. The van der Waals surface area contributed by atoms with Crippen molar-refractivity contribution in [3.63, 3.8) is 0 Å². The van der Waals surface area contributed by atoms with Gasteiger partial charge in [-0.3, -0.25) is 0 Å². The molecule has 1 heteroatoms. The van der Waals surface area contributed by atoms with Gasteiger partial charge in [-0.15, -0.1) is 0 Å². The third-order valence-corrected chi connectivity index (χ3v) is 2.59. The van der Waals surface area contributed by atoms with Crippen molar-refractivity contribution in [1.82, 2.24) is 0 Å². The van der Waals surface area contributed by atoms with E-state index in [1.165, 1.54) is 11.1 Å². The van der Waals surface area contributed by atoms with E-state index in [0.29, 0.717) is 0 Å². The molecule has 0 unspecified atom stereocenters. The smallest absolute Gasteiger partial charge is 0.0382 e. The van der Waals surface area contributed by atoms with Crippen molar-refractivity contribution in [1.29, 1.82) is 0 Å². The molecule has 0 aromatic heterocycles. The summed E-state index contributed by atoms with van der Waals surface area (Å²) in [5.74, 6) is 0. The van der Waals surface area contributed by atoms with E-state index in [0.717, 1.165) is 17.7 Å². The lowest BCUT2D eigenvalue weighted by molar-refractivity contribution is 1.09. The van der Waals surface area contributed by atoms with Crippen LogP contribution in [0.2, 0.25) is 0 Å². The maximum atomic E-state index is 6.13. The van der Waals surface area contributed by atoms with Crippen molar-refractivity contribution >= 4 is 11.8 Å². The van der Waals surface area contributed by atoms with Crippen LogP contribution in [0.5, 0.6) is 0 Å². The summed E-state index contributed by atoms with van der Waals surface area (Å²) in [5.41, 5.74) is 10.6. The Hall–Kier alpha value is -1.50. The highest BCUT2D eigenvalue weighted by Crippen LogP contribution is 2.20. The van der Waals surface area contributed by atoms with Crippen molar-refractivity contribution in [3.05, 3.63) is 47.0 Å². The summed E-state index contributed by atoms with van der Waals surface area (Å²) in [6, 6.07) is 8.22. The summed E-state index contributed by atoms with van der Waals surface area (Å²) in [4.78, 5) is 0. The van der Waals surface area contributed by atoms with E-state index in [1.54, 1.807) is 0 Å². The first kappa shape index (κ1) is 11.6. The molecule has 0 spiro atoms. The lowest BCUT2D eigenvalue weighted by Gasteiger charge is -2.09. The number of hydrogen-bond acceptors (Lipinski definition) is 1. The molecule has 1 aromatic rings. The van der Waals surface area contributed by atoms with E-state index in [4.69, 9.17) is 5.73 Å². The van der Waals surface area contributed by atoms with Gasteiger partial charge in [-0.05, 0) is 31.4 Å². The van der Waals surface area contributed by atoms with Crippen molar-refractivity contribution in [2.24, 2.45) is 5.73 Å². The van der Waals surface area contributed by atoms with Crippen LogP contribution in [0.25, 0.3) is 11.8 Å². The van der Waals surface area contributed by atoms with Crippen LogP contribution in [0.15, 0.2) is 35.9 Å². The van der Waals surface area contributed by atoms with Crippen molar-refractivity contribution in [3.8, 4) is 0 Å². The fraction of sp³-hybridized carbons (Fsp3) is 0.286. The molecule has 15 heavy (non-hydrogen) atoms. The molecule has 0 amide bonds. The summed E-state index contributed by atoms with van der Waals surface area (Å²) >= 11 is 0. The summed E-state index contributed by atoms with van der Waals surface area (Å²) in [6.07, 6.45) is 5.12. The van der Waals surface area contributed by atoms with E-state index < -0.39 is 0 Å². The monoisotopic (exact) mass is 201 g/mol. The van der Waals surface area contributed by atoms with E-state index in [1.807, 2.05) is 25.1 Å². The maximum Gasteiger partial charge on any atom is 0.0382 e. The van der Waals surface area contributed by atoms with Gasteiger partial charge in [0.05, 0.1) is 0 Å². The Balaban J connectivity index is 3.25. The maximum absolute atomic E-state index is 6.13. The fourth-order valence-corrected chi connectivity index (χ4v) is 1.49. The number of benzene rings is 1. The first-order chi connectivity index (χ1) is 7.20. The highest BCUT2D eigenvalue weighted by Gasteiger charge is 2.03. The SMILES string of the molecule is C/C=C\c1ccccc1/C(N)=C(/C)CC. The van der Waals surface area contributed by atoms with E-state index in [-0.39, 0.29) is 0 Å². The third kappa shape index (κ3) is 2.72. The second-order valence-corrected chi connectivity index (χ2v) is 3.63. The second kappa shape index (κ2) is 5.40. The number of rotatable bonds is 3. The van der Waals surface area contributed by atoms with Gasteiger partial charge in [-0.1, -0.05) is 43.3 Å². The van der Waals surface area contributed by atoms with Crippen LogP contribution in [-0.2, 0) is 0 Å². The zero-order chi connectivity index (χ0) is 11.3. The normalized spacial score (nSPS) is 13.0. The van der Waals surface area contributed by atoms with Crippen molar-refractivity contribution in [2.45, 2.75) is 27.2 Å². The van der Waals surface area contributed by atoms with Crippen molar-refractivity contribution < 1.29 is 0 Å². The molecule has 1 rings (SSSR count). The third-order valence-electron chi connectivity index (χ3n) is 2.59. The molecule has 1 nitrogen and oxygen atoms in total. The summed E-state index contributed by atoms with van der Waals surface area (Å²) < 4.78 is 0. The first-order valence-electron chi connectivity index (χ1n) is 5.38. The average Bonchev–Trinajstić information content (AvgIpc) is 2.28. The molecule has 0 bridgehead atoms. The highest BCUT2D eigenvalue weighted by atomic mass is 14.6. The minimum absolute atomic E-state index is 0.909. The molecule has 0 saturated heterocycles. The molecule has 0 radical (unpaired) electrons. The number of hydrogen-bond donors (Lipinski definition) is 1. The molecule has 0 aliphatic heterocycles. The summed E-state index contributed by atoms with van der Waals surface area (Å²) in [5, 5.41) is 0.